The van der Waals surface area contributed by atoms with Crippen LogP contribution in [0.15, 0.2) is 6.33 Å². The molecule has 0 aliphatic carbocycles. The maximum atomic E-state index is 12.3. The molecule has 2 heterocycles. The zero-order valence-corrected chi connectivity index (χ0v) is 15.6. The average Bonchev–Trinajstić information content (AvgIpc) is 2.91. The van der Waals surface area contributed by atoms with Crippen molar-refractivity contribution in [2.75, 3.05) is 6.54 Å². The molecule has 0 saturated carbocycles. The van der Waals surface area contributed by atoms with Gasteiger partial charge >= 0.3 is 12.1 Å². The van der Waals surface area contributed by atoms with Crippen molar-refractivity contribution in [1.29, 1.82) is 0 Å². The Balaban J connectivity index is 2.09. The fraction of sp³-hybridized carbons (Fsp3) is 0.722. The summed E-state index contributed by atoms with van der Waals surface area (Å²) in [5, 5.41) is 9.45. The van der Waals surface area contributed by atoms with Crippen molar-refractivity contribution in [3.05, 3.63) is 17.7 Å². The highest BCUT2D eigenvalue weighted by molar-refractivity contribution is 5.70. The summed E-state index contributed by atoms with van der Waals surface area (Å²) < 4.78 is 7.45. The summed E-state index contributed by atoms with van der Waals surface area (Å²) in [5.41, 5.74) is 1.16. The number of unbranched alkanes of at least 4 members (excludes halogenated alkanes) is 1. The molecule has 140 valence electrons. The number of aliphatic carboxylic acids is 1. The van der Waals surface area contributed by atoms with Crippen LogP contribution >= 0.6 is 0 Å². The third kappa shape index (κ3) is 5.21. The van der Waals surface area contributed by atoms with Gasteiger partial charge in [-0.05, 0) is 27.2 Å². The minimum Gasteiger partial charge on any atom is -0.481 e. The summed E-state index contributed by atoms with van der Waals surface area (Å²) in [4.78, 5) is 29.9. The van der Waals surface area contributed by atoms with E-state index in [9.17, 15) is 14.7 Å². The number of carbonyl (C=O) groups is 2. The monoisotopic (exact) mass is 351 g/mol. The number of hydrogen-bond acceptors (Lipinski definition) is 4. The second-order valence-corrected chi connectivity index (χ2v) is 7.61. The van der Waals surface area contributed by atoms with Gasteiger partial charge in [0.15, 0.2) is 0 Å². The lowest BCUT2D eigenvalue weighted by Gasteiger charge is -2.31. The van der Waals surface area contributed by atoms with Gasteiger partial charge in [-0.1, -0.05) is 19.8 Å². The largest absolute Gasteiger partial charge is 0.481 e. The Bertz CT molecular complexity index is 618. The van der Waals surface area contributed by atoms with Crippen LogP contribution in [0, 0.1) is 5.92 Å². The Hall–Kier alpha value is -2.05. The van der Waals surface area contributed by atoms with Crippen LogP contribution in [0.25, 0.3) is 0 Å². The molecule has 0 spiro atoms. The molecule has 0 aromatic carbocycles. The summed E-state index contributed by atoms with van der Waals surface area (Å²) in [6.45, 7) is 9.20. The molecule has 1 amide bonds. The van der Waals surface area contributed by atoms with Crippen molar-refractivity contribution in [1.82, 2.24) is 14.5 Å². The van der Waals surface area contributed by atoms with Gasteiger partial charge in [-0.2, -0.15) is 0 Å². The Morgan fingerprint density at radius 1 is 1.36 bits per heavy atom. The Morgan fingerprint density at radius 2 is 2.08 bits per heavy atom. The fourth-order valence-electron chi connectivity index (χ4n) is 2.96. The molecular weight excluding hydrogens is 322 g/mol. The minimum absolute atomic E-state index is 0.341. The molecule has 1 N–H and O–H groups in total. The lowest BCUT2D eigenvalue weighted by Crippen LogP contribution is -2.41. The predicted molar refractivity (Wildman–Crippen MR) is 93.2 cm³/mol. The molecule has 0 radical (unpaired) electrons. The molecule has 0 bridgehead atoms. The van der Waals surface area contributed by atoms with Gasteiger partial charge in [0.25, 0.3) is 0 Å². The highest BCUT2D eigenvalue weighted by atomic mass is 16.6. The van der Waals surface area contributed by atoms with Crippen molar-refractivity contribution in [2.24, 2.45) is 5.92 Å². The number of carboxylic acid groups (broad SMARTS) is 1. The van der Waals surface area contributed by atoms with Gasteiger partial charge in [-0.25, -0.2) is 9.78 Å². The summed E-state index contributed by atoms with van der Waals surface area (Å²) in [6, 6.07) is 0. The van der Waals surface area contributed by atoms with E-state index in [4.69, 9.17) is 4.74 Å². The standard InChI is InChI=1S/C18H29N3O4/c1-5-6-7-13(16(22)23)10-14-15-11-20(8-9-21(15)12-19-14)17(24)25-18(2,3)4/h12-13H,5-11H2,1-4H3,(H,22,23). The summed E-state index contributed by atoms with van der Waals surface area (Å²) >= 11 is 0. The van der Waals surface area contributed by atoms with E-state index in [1.807, 2.05) is 25.3 Å². The van der Waals surface area contributed by atoms with E-state index >= 15 is 0 Å². The lowest BCUT2D eigenvalue weighted by atomic mass is 9.96. The van der Waals surface area contributed by atoms with Crippen LogP contribution in [0.1, 0.15) is 58.3 Å². The normalized spacial score (nSPS) is 15.6. The van der Waals surface area contributed by atoms with E-state index < -0.39 is 17.5 Å². The van der Waals surface area contributed by atoms with E-state index in [0.29, 0.717) is 32.5 Å². The molecule has 7 nitrogen and oxygen atoms in total. The number of imidazole rings is 1. The summed E-state index contributed by atoms with van der Waals surface area (Å²) in [6.07, 6.45) is 4.31. The van der Waals surface area contributed by atoms with Gasteiger partial charge in [0.05, 0.1) is 30.2 Å². The number of aromatic nitrogens is 2. The van der Waals surface area contributed by atoms with Gasteiger partial charge < -0.3 is 19.3 Å². The number of carbonyl (C=O) groups excluding carboxylic acids is 1. The summed E-state index contributed by atoms with van der Waals surface area (Å²) in [7, 11) is 0. The molecule has 1 aliphatic rings. The van der Waals surface area contributed by atoms with E-state index in [1.54, 1.807) is 11.2 Å². The molecule has 1 unspecified atom stereocenters. The van der Waals surface area contributed by atoms with Crippen LogP contribution in [0.5, 0.6) is 0 Å². The third-order valence-electron chi connectivity index (χ3n) is 4.33. The molecule has 1 aromatic rings. The van der Waals surface area contributed by atoms with Gasteiger partial charge in [-0.15, -0.1) is 0 Å². The lowest BCUT2D eigenvalue weighted by molar-refractivity contribution is -0.142. The first-order valence-corrected chi connectivity index (χ1v) is 8.95. The van der Waals surface area contributed by atoms with Crippen molar-refractivity contribution in [3.63, 3.8) is 0 Å². The third-order valence-corrected chi connectivity index (χ3v) is 4.33. The Labute approximate surface area is 149 Å². The highest BCUT2D eigenvalue weighted by Gasteiger charge is 2.29. The van der Waals surface area contributed by atoms with Gasteiger partial charge in [0, 0.05) is 19.5 Å². The fourth-order valence-corrected chi connectivity index (χ4v) is 2.96. The van der Waals surface area contributed by atoms with Crippen LogP contribution in [-0.2, 0) is 29.0 Å². The molecule has 1 aliphatic heterocycles. The topological polar surface area (TPSA) is 84.7 Å². The first-order chi connectivity index (χ1) is 11.7. The Morgan fingerprint density at radius 3 is 2.68 bits per heavy atom. The van der Waals surface area contributed by atoms with Crippen LogP contribution in [0.3, 0.4) is 0 Å². The van der Waals surface area contributed by atoms with Crippen molar-refractivity contribution in [3.8, 4) is 0 Å². The highest BCUT2D eigenvalue weighted by Crippen LogP contribution is 2.23. The van der Waals surface area contributed by atoms with E-state index in [0.717, 1.165) is 24.2 Å². The maximum absolute atomic E-state index is 12.3. The van der Waals surface area contributed by atoms with Crippen LogP contribution in [-0.4, -0.2) is 43.8 Å². The molecular formula is C18H29N3O4. The van der Waals surface area contributed by atoms with Crippen LogP contribution in [0.4, 0.5) is 4.79 Å². The first-order valence-electron chi connectivity index (χ1n) is 8.95. The quantitative estimate of drug-likeness (QED) is 0.851. The molecule has 0 fully saturated rings. The first kappa shape index (κ1) is 19.3. The number of amides is 1. The van der Waals surface area contributed by atoms with Gasteiger partial charge in [-0.3, -0.25) is 4.79 Å². The van der Waals surface area contributed by atoms with E-state index in [2.05, 4.69) is 11.9 Å². The molecule has 0 saturated heterocycles. The molecule has 7 heteroatoms. The van der Waals surface area contributed by atoms with Crippen LogP contribution < -0.4 is 0 Å². The number of carboxylic acids is 1. The zero-order valence-electron chi connectivity index (χ0n) is 15.6. The summed E-state index contributed by atoms with van der Waals surface area (Å²) in [5.74, 6) is -1.22. The second kappa shape index (κ2) is 7.89. The minimum atomic E-state index is -0.782. The molecule has 1 aromatic heterocycles. The number of fused-ring (bicyclic) bond motifs is 1. The van der Waals surface area contributed by atoms with Crippen molar-refractivity contribution >= 4 is 12.1 Å². The predicted octanol–water partition coefficient (Wildman–Crippen LogP) is 3.07. The van der Waals surface area contributed by atoms with E-state index in [-0.39, 0.29) is 6.09 Å². The van der Waals surface area contributed by atoms with Crippen molar-refractivity contribution in [2.45, 2.75) is 72.1 Å². The molecule has 25 heavy (non-hydrogen) atoms. The SMILES string of the molecule is CCCCC(Cc1ncn2c1CN(C(=O)OC(C)(C)C)CC2)C(=O)O. The number of nitrogens with zero attached hydrogens (tertiary/aromatic N) is 3. The van der Waals surface area contributed by atoms with Gasteiger partial charge in [0.2, 0.25) is 0 Å². The van der Waals surface area contributed by atoms with Crippen LogP contribution in [0.2, 0.25) is 0 Å². The Kier molecular flexibility index (Phi) is 6.08. The number of hydrogen-bond donors (Lipinski definition) is 1. The maximum Gasteiger partial charge on any atom is 0.410 e. The number of rotatable bonds is 6. The average molecular weight is 351 g/mol. The van der Waals surface area contributed by atoms with E-state index in [1.165, 1.54) is 0 Å². The zero-order chi connectivity index (χ0) is 18.6. The molecule has 2 rings (SSSR count). The van der Waals surface area contributed by atoms with Gasteiger partial charge in [0.1, 0.15) is 5.60 Å². The number of ether oxygens (including phenoxy) is 1. The van der Waals surface area contributed by atoms with Crippen molar-refractivity contribution < 1.29 is 19.4 Å². The second-order valence-electron chi connectivity index (χ2n) is 7.61. The smallest absolute Gasteiger partial charge is 0.410 e. The molecule has 1 atom stereocenters.